The molecule has 2 aromatic rings. The summed E-state index contributed by atoms with van der Waals surface area (Å²) in [6, 6.07) is 15.1. The minimum atomic E-state index is -0.959. The van der Waals surface area contributed by atoms with Crippen LogP contribution in [0.3, 0.4) is 0 Å². The molecule has 0 fully saturated rings. The Morgan fingerprint density at radius 2 is 1.83 bits per heavy atom. The van der Waals surface area contributed by atoms with Crippen LogP contribution in [-0.4, -0.2) is 30.1 Å². The monoisotopic (exact) mass is 332 g/mol. The molecule has 0 aliphatic rings. The molecule has 1 atom stereocenters. The van der Waals surface area contributed by atoms with Gasteiger partial charge in [-0.3, -0.25) is 9.00 Å². The van der Waals surface area contributed by atoms with Crippen molar-refractivity contribution < 1.29 is 13.7 Å². The van der Waals surface area contributed by atoms with Crippen molar-refractivity contribution >= 4 is 28.1 Å². The molecule has 23 heavy (non-hydrogen) atoms. The van der Waals surface area contributed by atoms with E-state index in [1.54, 1.807) is 6.26 Å². The molecule has 1 amide bonds. The third kappa shape index (κ3) is 5.50. The number of amides is 1. The molecule has 0 aromatic heterocycles. The molecule has 0 aliphatic heterocycles. The average Bonchev–Trinajstić information content (AvgIpc) is 2.54. The summed E-state index contributed by atoms with van der Waals surface area (Å²) in [5, 5.41) is 6.06. The first kappa shape index (κ1) is 17.2. The van der Waals surface area contributed by atoms with Gasteiger partial charge >= 0.3 is 0 Å². The number of carbonyl (C=O) groups excluding carboxylic acids is 1. The number of methoxy groups -OCH3 is 1. The highest BCUT2D eigenvalue weighted by molar-refractivity contribution is 7.84. The van der Waals surface area contributed by atoms with Crippen LogP contribution in [0.1, 0.15) is 5.56 Å². The molecule has 0 radical (unpaired) electrons. The molecule has 2 rings (SSSR count). The van der Waals surface area contributed by atoms with Gasteiger partial charge in [0.25, 0.3) is 0 Å². The zero-order valence-electron chi connectivity index (χ0n) is 13.2. The van der Waals surface area contributed by atoms with Gasteiger partial charge in [0, 0.05) is 47.0 Å². The maximum Gasteiger partial charge on any atom is 0.250 e. The smallest absolute Gasteiger partial charge is 0.250 e. The Balaban J connectivity index is 1.95. The third-order valence-electron chi connectivity index (χ3n) is 3.17. The van der Waals surface area contributed by atoms with Crippen LogP contribution in [-0.2, 0) is 26.9 Å². The summed E-state index contributed by atoms with van der Waals surface area (Å²) in [4.78, 5) is 12.3. The number of carbonyl (C=O) groups is 1. The Morgan fingerprint density at radius 1 is 1.13 bits per heavy atom. The molecule has 0 saturated heterocycles. The molecule has 2 N–H and O–H groups in total. The standard InChI is InChI=1S/C17H20N2O3S/c1-22-12-17(20)19-15-5-3-4-14(10-15)18-11-13-6-8-16(9-7-13)23(2)21/h3-10,18H,11-12H2,1-2H3,(H,19,20). The number of nitrogens with one attached hydrogen (secondary N) is 2. The molecule has 1 unspecified atom stereocenters. The Bertz CT molecular complexity index is 686. The zero-order valence-corrected chi connectivity index (χ0v) is 14.0. The second-order valence-electron chi connectivity index (χ2n) is 5.01. The quantitative estimate of drug-likeness (QED) is 0.818. The van der Waals surface area contributed by atoms with Crippen LogP contribution < -0.4 is 10.6 Å². The predicted octanol–water partition coefficient (Wildman–Crippen LogP) is 2.62. The van der Waals surface area contributed by atoms with Gasteiger partial charge in [-0.1, -0.05) is 18.2 Å². The lowest BCUT2D eigenvalue weighted by Gasteiger charge is -2.10. The Hall–Kier alpha value is -2.18. The van der Waals surface area contributed by atoms with Crippen LogP contribution >= 0.6 is 0 Å². The van der Waals surface area contributed by atoms with E-state index in [9.17, 15) is 9.00 Å². The fourth-order valence-electron chi connectivity index (χ4n) is 2.04. The Kier molecular flexibility index (Phi) is 6.31. The van der Waals surface area contributed by atoms with Gasteiger partial charge in [0.1, 0.15) is 6.61 Å². The van der Waals surface area contributed by atoms with Crippen LogP contribution in [0.15, 0.2) is 53.4 Å². The number of benzene rings is 2. The van der Waals surface area contributed by atoms with E-state index in [0.717, 1.165) is 16.1 Å². The lowest BCUT2D eigenvalue weighted by atomic mass is 10.2. The molecule has 0 saturated carbocycles. The first-order valence-corrected chi connectivity index (χ1v) is 8.69. The van der Waals surface area contributed by atoms with E-state index in [1.807, 2.05) is 48.5 Å². The fraction of sp³-hybridized carbons (Fsp3) is 0.235. The Morgan fingerprint density at radius 3 is 2.48 bits per heavy atom. The van der Waals surface area contributed by atoms with E-state index in [0.29, 0.717) is 12.2 Å². The SMILES string of the molecule is COCC(=O)Nc1cccc(NCc2ccc(S(C)=O)cc2)c1. The highest BCUT2D eigenvalue weighted by atomic mass is 32.2. The zero-order chi connectivity index (χ0) is 16.7. The normalized spacial score (nSPS) is 11.7. The van der Waals surface area contributed by atoms with E-state index in [4.69, 9.17) is 4.74 Å². The van der Waals surface area contributed by atoms with Crippen molar-refractivity contribution in [3.05, 3.63) is 54.1 Å². The van der Waals surface area contributed by atoms with Crippen molar-refractivity contribution in [3.8, 4) is 0 Å². The second-order valence-corrected chi connectivity index (χ2v) is 6.39. The van der Waals surface area contributed by atoms with Crippen LogP contribution in [0.25, 0.3) is 0 Å². The van der Waals surface area contributed by atoms with Crippen molar-refractivity contribution in [1.82, 2.24) is 0 Å². The molecule has 122 valence electrons. The van der Waals surface area contributed by atoms with Crippen molar-refractivity contribution in [2.75, 3.05) is 30.6 Å². The minimum Gasteiger partial charge on any atom is -0.381 e. The van der Waals surface area contributed by atoms with Crippen LogP contribution in [0.2, 0.25) is 0 Å². The number of ether oxygens (including phenoxy) is 1. The van der Waals surface area contributed by atoms with Gasteiger partial charge in [-0.25, -0.2) is 0 Å². The second kappa shape index (κ2) is 8.45. The molecule has 0 heterocycles. The van der Waals surface area contributed by atoms with Gasteiger partial charge in [-0.15, -0.1) is 0 Å². The van der Waals surface area contributed by atoms with Gasteiger partial charge in [-0.05, 0) is 35.9 Å². The van der Waals surface area contributed by atoms with Gasteiger partial charge in [-0.2, -0.15) is 0 Å². The molecule has 6 heteroatoms. The van der Waals surface area contributed by atoms with E-state index < -0.39 is 10.8 Å². The fourth-order valence-corrected chi connectivity index (χ4v) is 2.56. The molecule has 0 bridgehead atoms. The summed E-state index contributed by atoms with van der Waals surface area (Å²) >= 11 is 0. The summed E-state index contributed by atoms with van der Waals surface area (Å²) in [5.41, 5.74) is 2.71. The van der Waals surface area contributed by atoms with E-state index >= 15 is 0 Å². The molecule has 0 aliphatic carbocycles. The van der Waals surface area contributed by atoms with E-state index in [-0.39, 0.29) is 12.5 Å². The molecule has 2 aromatic carbocycles. The van der Waals surface area contributed by atoms with Crippen molar-refractivity contribution in [2.24, 2.45) is 0 Å². The molecule has 5 nitrogen and oxygen atoms in total. The van der Waals surface area contributed by atoms with Gasteiger partial charge in [0.05, 0.1) is 0 Å². The maximum atomic E-state index is 11.5. The first-order valence-electron chi connectivity index (χ1n) is 7.13. The largest absolute Gasteiger partial charge is 0.381 e. The topological polar surface area (TPSA) is 67.4 Å². The first-order chi connectivity index (χ1) is 11.1. The molecule has 0 spiro atoms. The van der Waals surface area contributed by atoms with E-state index in [1.165, 1.54) is 7.11 Å². The van der Waals surface area contributed by atoms with Gasteiger partial charge in [0.15, 0.2) is 0 Å². The number of anilines is 2. The molecular weight excluding hydrogens is 312 g/mol. The van der Waals surface area contributed by atoms with Crippen molar-refractivity contribution in [2.45, 2.75) is 11.4 Å². The van der Waals surface area contributed by atoms with Crippen molar-refractivity contribution in [1.29, 1.82) is 0 Å². The summed E-state index contributed by atoms with van der Waals surface area (Å²) in [5.74, 6) is -0.187. The van der Waals surface area contributed by atoms with Crippen LogP contribution in [0, 0.1) is 0 Å². The highest BCUT2D eigenvalue weighted by Gasteiger charge is 2.02. The van der Waals surface area contributed by atoms with Crippen LogP contribution in [0.5, 0.6) is 0 Å². The summed E-state index contributed by atoms with van der Waals surface area (Å²) in [6.07, 6.45) is 1.66. The number of rotatable bonds is 7. The lowest BCUT2D eigenvalue weighted by molar-refractivity contribution is -0.119. The maximum absolute atomic E-state index is 11.5. The Labute approximate surface area is 138 Å². The van der Waals surface area contributed by atoms with Crippen molar-refractivity contribution in [3.63, 3.8) is 0 Å². The minimum absolute atomic E-state index is 0.0306. The predicted molar refractivity (Wildman–Crippen MR) is 93.0 cm³/mol. The van der Waals surface area contributed by atoms with Crippen LogP contribution in [0.4, 0.5) is 11.4 Å². The number of hydrogen-bond donors (Lipinski definition) is 2. The summed E-state index contributed by atoms with van der Waals surface area (Å²) in [7, 11) is 0.524. The number of hydrogen-bond acceptors (Lipinski definition) is 4. The average molecular weight is 332 g/mol. The third-order valence-corrected chi connectivity index (χ3v) is 4.11. The van der Waals surface area contributed by atoms with Gasteiger partial charge < -0.3 is 15.4 Å². The summed E-state index contributed by atoms with van der Waals surface area (Å²) < 4.78 is 16.1. The van der Waals surface area contributed by atoms with E-state index in [2.05, 4.69) is 10.6 Å². The lowest BCUT2D eigenvalue weighted by Crippen LogP contribution is -2.17. The summed E-state index contributed by atoms with van der Waals surface area (Å²) in [6.45, 7) is 0.676. The highest BCUT2D eigenvalue weighted by Crippen LogP contribution is 2.16. The molecular formula is C17H20N2O3S. The van der Waals surface area contributed by atoms with Gasteiger partial charge in [0.2, 0.25) is 5.91 Å².